The molecule has 0 amide bonds. The summed E-state index contributed by atoms with van der Waals surface area (Å²) in [5.41, 5.74) is 0. The fourth-order valence-electron chi connectivity index (χ4n) is 1.05. The average molecular weight is 160 g/mol. The Morgan fingerprint density at radius 1 is 0.778 bits per heavy atom. The maximum Gasteiger partial charge on any atom is -0.00917 e. The molecule has 52 valence electrons. The molecule has 0 aromatic carbocycles. The molecule has 0 saturated heterocycles. The third-order valence-electron chi connectivity index (χ3n) is 1.66. The van der Waals surface area contributed by atoms with E-state index in [9.17, 15) is 0 Å². The lowest BCUT2D eigenvalue weighted by Gasteiger charge is -1.97. The molecule has 0 spiro atoms. The first-order valence-electron chi connectivity index (χ1n) is 3.40. The highest BCUT2D eigenvalue weighted by atomic mass is 32.1. The molecule has 0 atom stereocenters. The van der Waals surface area contributed by atoms with Crippen molar-refractivity contribution in [1.82, 2.24) is 0 Å². The molecule has 0 fully saturated rings. The SMILES string of the molecule is SC1=C(S)CCCCC1. The molecule has 0 heterocycles. The van der Waals surface area contributed by atoms with Gasteiger partial charge in [-0.3, -0.25) is 0 Å². The van der Waals surface area contributed by atoms with Crippen LogP contribution in [0, 0.1) is 0 Å². The van der Waals surface area contributed by atoms with Gasteiger partial charge in [0, 0.05) is 0 Å². The standard InChI is InChI=1S/C7H12S2/c8-6-4-2-1-3-5-7(6)9/h8-9H,1-5H2. The summed E-state index contributed by atoms with van der Waals surface area (Å²) < 4.78 is 0. The van der Waals surface area contributed by atoms with E-state index >= 15 is 0 Å². The van der Waals surface area contributed by atoms with E-state index in [-0.39, 0.29) is 0 Å². The summed E-state index contributed by atoms with van der Waals surface area (Å²) in [6.45, 7) is 0. The summed E-state index contributed by atoms with van der Waals surface area (Å²) in [7, 11) is 0. The second kappa shape index (κ2) is 3.57. The molecule has 0 saturated carbocycles. The van der Waals surface area contributed by atoms with E-state index in [1.165, 1.54) is 29.1 Å². The molecule has 0 unspecified atom stereocenters. The largest absolute Gasteiger partial charge is 0.147 e. The zero-order valence-electron chi connectivity index (χ0n) is 5.43. The van der Waals surface area contributed by atoms with Crippen molar-refractivity contribution in [3.05, 3.63) is 9.81 Å². The molecule has 9 heavy (non-hydrogen) atoms. The lowest BCUT2D eigenvalue weighted by Crippen LogP contribution is -1.72. The Labute approximate surface area is 67.5 Å². The summed E-state index contributed by atoms with van der Waals surface area (Å²) >= 11 is 8.66. The van der Waals surface area contributed by atoms with Gasteiger partial charge in [-0.2, -0.15) is 0 Å². The third-order valence-corrected chi connectivity index (χ3v) is 2.82. The highest BCUT2D eigenvalue weighted by Gasteiger charge is 2.03. The Kier molecular flexibility index (Phi) is 2.99. The molecule has 1 aliphatic rings. The van der Waals surface area contributed by atoms with Gasteiger partial charge in [-0.25, -0.2) is 0 Å². The number of rotatable bonds is 0. The molecule has 0 aromatic rings. The van der Waals surface area contributed by atoms with Crippen LogP contribution in [0.5, 0.6) is 0 Å². The Morgan fingerprint density at radius 2 is 1.22 bits per heavy atom. The first kappa shape index (κ1) is 7.55. The van der Waals surface area contributed by atoms with Gasteiger partial charge < -0.3 is 0 Å². The summed E-state index contributed by atoms with van der Waals surface area (Å²) in [6.07, 6.45) is 6.21. The van der Waals surface area contributed by atoms with Gasteiger partial charge in [0.25, 0.3) is 0 Å². The summed E-state index contributed by atoms with van der Waals surface area (Å²) in [5.74, 6) is 0. The molecule has 0 aromatic heterocycles. The third kappa shape index (κ3) is 2.26. The Balaban J connectivity index is 2.55. The number of hydrogen-bond acceptors (Lipinski definition) is 2. The molecule has 2 heteroatoms. The van der Waals surface area contributed by atoms with Gasteiger partial charge >= 0.3 is 0 Å². The number of allylic oxidation sites excluding steroid dienone is 2. The molecule has 0 nitrogen and oxygen atoms in total. The fraction of sp³-hybridized carbons (Fsp3) is 0.714. The van der Waals surface area contributed by atoms with Gasteiger partial charge in [0.15, 0.2) is 0 Å². The lowest BCUT2D eigenvalue weighted by molar-refractivity contribution is 0.715. The van der Waals surface area contributed by atoms with Crippen molar-refractivity contribution >= 4 is 25.3 Å². The maximum absolute atomic E-state index is 4.33. The molecule has 0 N–H and O–H groups in total. The summed E-state index contributed by atoms with van der Waals surface area (Å²) in [6, 6.07) is 0. The number of hydrogen-bond donors (Lipinski definition) is 2. The van der Waals surface area contributed by atoms with Gasteiger partial charge in [0.2, 0.25) is 0 Å². The molecule has 1 rings (SSSR count). The first-order valence-corrected chi connectivity index (χ1v) is 4.30. The van der Waals surface area contributed by atoms with Crippen LogP contribution < -0.4 is 0 Å². The van der Waals surface area contributed by atoms with Gasteiger partial charge in [-0.15, -0.1) is 25.3 Å². The maximum atomic E-state index is 4.33. The van der Waals surface area contributed by atoms with E-state index in [0.717, 1.165) is 12.8 Å². The minimum atomic E-state index is 1.14. The Morgan fingerprint density at radius 3 is 1.67 bits per heavy atom. The second-order valence-electron chi connectivity index (χ2n) is 2.45. The smallest absolute Gasteiger partial charge is 0.00917 e. The summed E-state index contributed by atoms with van der Waals surface area (Å²) in [4.78, 5) is 2.41. The van der Waals surface area contributed by atoms with E-state index in [2.05, 4.69) is 25.3 Å². The van der Waals surface area contributed by atoms with Crippen LogP contribution >= 0.6 is 25.3 Å². The average Bonchev–Trinajstić information content (AvgIpc) is 1.99. The van der Waals surface area contributed by atoms with Crippen LogP contribution in [0.2, 0.25) is 0 Å². The molecular weight excluding hydrogens is 148 g/mol. The van der Waals surface area contributed by atoms with E-state index < -0.39 is 0 Å². The van der Waals surface area contributed by atoms with Crippen LogP contribution in [0.1, 0.15) is 32.1 Å². The minimum absolute atomic E-state index is 1.14. The van der Waals surface area contributed by atoms with Gasteiger partial charge in [-0.05, 0) is 35.5 Å². The van der Waals surface area contributed by atoms with E-state index in [1.54, 1.807) is 0 Å². The zero-order valence-corrected chi connectivity index (χ0v) is 7.22. The van der Waals surface area contributed by atoms with Crippen molar-refractivity contribution in [2.45, 2.75) is 32.1 Å². The normalized spacial score (nSPS) is 22.0. The van der Waals surface area contributed by atoms with Crippen molar-refractivity contribution in [2.24, 2.45) is 0 Å². The highest BCUT2D eigenvalue weighted by Crippen LogP contribution is 2.27. The molecule has 0 aliphatic heterocycles. The molecule has 1 aliphatic carbocycles. The topological polar surface area (TPSA) is 0 Å². The Bertz CT molecular complexity index is 113. The van der Waals surface area contributed by atoms with Crippen molar-refractivity contribution < 1.29 is 0 Å². The number of thiol groups is 2. The first-order chi connectivity index (χ1) is 4.30. The Hall–Kier alpha value is 0.440. The predicted octanol–water partition coefficient (Wildman–Crippen LogP) is 3.02. The lowest BCUT2D eigenvalue weighted by atomic mass is 10.2. The second-order valence-corrected chi connectivity index (χ2v) is 3.53. The van der Waals surface area contributed by atoms with Crippen molar-refractivity contribution in [3.8, 4) is 0 Å². The van der Waals surface area contributed by atoms with Crippen LogP contribution in [-0.4, -0.2) is 0 Å². The van der Waals surface area contributed by atoms with Gasteiger partial charge in [-0.1, -0.05) is 6.42 Å². The minimum Gasteiger partial charge on any atom is -0.147 e. The van der Waals surface area contributed by atoms with Crippen LogP contribution in [0.4, 0.5) is 0 Å². The van der Waals surface area contributed by atoms with Crippen molar-refractivity contribution in [2.75, 3.05) is 0 Å². The van der Waals surface area contributed by atoms with E-state index in [4.69, 9.17) is 0 Å². The van der Waals surface area contributed by atoms with Crippen molar-refractivity contribution in [3.63, 3.8) is 0 Å². The van der Waals surface area contributed by atoms with Crippen LogP contribution in [0.15, 0.2) is 9.81 Å². The molecular formula is C7H12S2. The monoisotopic (exact) mass is 160 g/mol. The van der Waals surface area contributed by atoms with E-state index in [0.29, 0.717) is 0 Å². The van der Waals surface area contributed by atoms with Crippen LogP contribution in [-0.2, 0) is 0 Å². The molecule has 0 bridgehead atoms. The zero-order chi connectivity index (χ0) is 6.69. The molecule has 0 radical (unpaired) electrons. The predicted molar refractivity (Wildman–Crippen MR) is 48.1 cm³/mol. The van der Waals surface area contributed by atoms with E-state index in [1.807, 2.05) is 0 Å². The van der Waals surface area contributed by atoms with Crippen LogP contribution in [0.25, 0.3) is 0 Å². The van der Waals surface area contributed by atoms with Crippen molar-refractivity contribution in [1.29, 1.82) is 0 Å². The van der Waals surface area contributed by atoms with Gasteiger partial charge in [0.05, 0.1) is 0 Å². The quantitative estimate of drug-likeness (QED) is 0.500. The summed E-state index contributed by atoms with van der Waals surface area (Å²) in [5, 5.41) is 0. The highest BCUT2D eigenvalue weighted by molar-refractivity contribution is 7.88. The van der Waals surface area contributed by atoms with Crippen LogP contribution in [0.3, 0.4) is 0 Å². The fourth-order valence-corrected chi connectivity index (χ4v) is 1.59. The van der Waals surface area contributed by atoms with Gasteiger partial charge in [0.1, 0.15) is 0 Å².